The molecule has 132 valence electrons. The smallest absolute Gasteiger partial charge is 0.277 e. The summed E-state index contributed by atoms with van der Waals surface area (Å²) >= 11 is 6.82. The summed E-state index contributed by atoms with van der Waals surface area (Å²) < 4.78 is 7.16. The zero-order valence-corrected chi connectivity index (χ0v) is 16.6. The highest BCUT2D eigenvalue weighted by molar-refractivity contribution is 9.11. The molecule has 0 aliphatic rings. The van der Waals surface area contributed by atoms with Crippen LogP contribution in [-0.4, -0.2) is 23.8 Å². The fraction of sp³-hybridized carbons (Fsp3) is 0.0526. The zero-order valence-electron chi connectivity index (χ0n) is 13.4. The number of aromatic hydroxyl groups is 1. The molecule has 2 N–H and O–H groups in total. The van der Waals surface area contributed by atoms with Gasteiger partial charge in [0.05, 0.1) is 10.7 Å². The Morgan fingerprint density at radius 2 is 1.96 bits per heavy atom. The maximum Gasteiger partial charge on any atom is 0.277 e. The summed E-state index contributed by atoms with van der Waals surface area (Å²) in [5, 5.41) is 15.6. The van der Waals surface area contributed by atoms with Crippen LogP contribution in [0.4, 0.5) is 0 Å². The van der Waals surface area contributed by atoms with E-state index in [0.29, 0.717) is 11.3 Å². The number of benzene rings is 3. The van der Waals surface area contributed by atoms with E-state index in [-0.39, 0.29) is 12.4 Å². The molecule has 0 fully saturated rings. The van der Waals surface area contributed by atoms with Crippen molar-refractivity contribution < 1.29 is 14.6 Å². The molecule has 0 aliphatic heterocycles. The Balaban J connectivity index is 1.60. The van der Waals surface area contributed by atoms with Crippen LogP contribution in [0.3, 0.4) is 0 Å². The summed E-state index contributed by atoms with van der Waals surface area (Å²) in [6.07, 6.45) is 1.37. The number of nitrogens with zero attached hydrogens (tertiary/aromatic N) is 1. The minimum absolute atomic E-state index is 0.0718. The molecule has 0 radical (unpaired) electrons. The quantitative estimate of drug-likeness (QED) is 0.416. The van der Waals surface area contributed by atoms with E-state index in [1.807, 2.05) is 36.4 Å². The SMILES string of the molecule is O=C(COc1ccc2ccccc2c1Br)N/N=C/c1cc(Br)ccc1O. The van der Waals surface area contributed by atoms with Gasteiger partial charge in [-0.05, 0) is 51.0 Å². The fourth-order valence-corrected chi connectivity index (χ4v) is 3.29. The second-order valence-corrected chi connectivity index (χ2v) is 7.09. The van der Waals surface area contributed by atoms with Gasteiger partial charge in [0.2, 0.25) is 0 Å². The van der Waals surface area contributed by atoms with E-state index in [0.717, 1.165) is 19.7 Å². The van der Waals surface area contributed by atoms with Gasteiger partial charge in [0.25, 0.3) is 5.91 Å². The number of amides is 1. The van der Waals surface area contributed by atoms with E-state index < -0.39 is 5.91 Å². The van der Waals surface area contributed by atoms with Gasteiger partial charge in [-0.25, -0.2) is 5.43 Å². The molecule has 0 heterocycles. The monoisotopic (exact) mass is 476 g/mol. The Labute approximate surface area is 166 Å². The summed E-state index contributed by atoms with van der Waals surface area (Å²) in [7, 11) is 0. The molecule has 0 aliphatic carbocycles. The van der Waals surface area contributed by atoms with Crippen LogP contribution >= 0.6 is 31.9 Å². The number of hydrazone groups is 1. The molecule has 0 atom stereocenters. The molecule has 3 aromatic rings. The van der Waals surface area contributed by atoms with Crippen molar-refractivity contribution in [1.29, 1.82) is 0 Å². The first-order chi connectivity index (χ1) is 12.5. The number of carbonyl (C=O) groups is 1. The average Bonchev–Trinajstić information content (AvgIpc) is 2.64. The number of fused-ring (bicyclic) bond motifs is 1. The van der Waals surface area contributed by atoms with Crippen LogP contribution in [0.15, 0.2) is 68.6 Å². The average molecular weight is 478 g/mol. The van der Waals surface area contributed by atoms with Gasteiger partial charge >= 0.3 is 0 Å². The van der Waals surface area contributed by atoms with E-state index in [9.17, 15) is 9.90 Å². The highest BCUT2D eigenvalue weighted by atomic mass is 79.9. The Morgan fingerprint density at radius 1 is 1.15 bits per heavy atom. The first-order valence-corrected chi connectivity index (χ1v) is 9.23. The van der Waals surface area contributed by atoms with Crippen LogP contribution in [0.25, 0.3) is 10.8 Å². The van der Waals surface area contributed by atoms with Crippen LogP contribution in [0.2, 0.25) is 0 Å². The van der Waals surface area contributed by atoms with E-state index in [2.05, 4.69) is 42.4 Å². The van der Waals surface area contributed by atoms with E-state index in [1.165, 1.54) is 12.3 Å². The maximum absolute atomic E-state index is 11.9. The van der Waals surface area contributed by atoms with Crippen LogP contribution in [-0.2, 0) is 4.79 Å². The second-order valence-electron chi connectivity index (χ2n) is 5.38. The number of ether oxygens (including phenoxy) is 1. The molecule has 0 bridgehead atoms. The van der Waals surface area contributed by atoms with Crippen molar-refractivity contribution >= 4 is 54.8 Å². The van der Waals surface area contributed by atoms with Gasteiger partial charge in [-0.15, -0.1) is 0 Å². The third kappa shape index (κ3) is 4.42. The van der Waals surface area contributed by atoms with Gasteiger partial charge in [-0.1, -0.05) is 46.3 Å². The summed E-state index contributed by atoms with van der Waals surface area (Å²) in [6.45, 7) is -0.182. The lowest BCUT2D eigenvalue weighted by Crippen LogP contribution is -2.24. The number of carbonyl (C=O) groups excluding carboxylic acids is 1. The van der Waals surface area contributed by atoms with E-state index in [1.54, 1.807) is 12.1 Å². The van der Waals surface area contributed by atoms with Crippen molar-refractivity contribution in [2.24, 2.45) is 5.10 Å². The number of hydrogen-bond donors (Lipinski definition) is 2. The summed E-state index contributed by atoms with van der Waals surface area (Å²) in [6, 6.07) is 16.6. The van der Waals surface area contributed by atoms with Crippen LogP contribution in [0.1, 0.15) is 5.56 Å². The molecule has 0 spiro atoms. The lowest BCUT2D eigenvalue weighted by atomic mass is 10.1. The van der Waals surface area contributed by atoms with Gasteiger partial charge in [-0.3, -0.25) is 4.79 Å². The summed E-state index contributed by atoms with van der Waals surface area (Å²) in [5.74, 6) is 0.241. The minimum Gasteiger partial charge on any atom is -0.507 e. The van der Waals surface area contributed by atoms with Crippen LogP contribution in [0, 0.1) is 0 Å². The van der Waals surface area contributed by atoms with Crippen molar-refractivity contribution in [3.63, 3.8) is 0 Å². The largest absolute Gasteiger partial charge is 0.507 e. The molecule has 3 rings (SSSR count). The van der Waals surface area contributed by atoms with Crippen molar-refractivity contribution in [2.45, 2.75) is 0 Å². The second kappa shape index (κ2) is 8.33. The fourth-order valence-electron chi connectivity index (χ4n) is 2.30. The van der Waals surface area contributed by atoms with Crippen molar-refractivity contribution in [2.75, 3.05) is 6.61 Å². The van der Waals surface area contributed by atoms with Gasteiger partial charge in [0.1, 0.15) is 11.5 Å². The molecule has 3 aromatic carbocycles. The maximum atomic E-state index is 11.9. The van der Waals surface area contributed by atoms with Crippen molar-refractivity contribution in [3.05, 3.63) is 69.1 Å². The number of phenolic OH excluding ortho intramolecular Hbond substituents is 1. The molecule has 5 nitrogen and oxygen atoms in total. The summed E-state index contributed by atoms with van der Waals surface area (Å²) in [4.78, 5) is 11.9. The Kier molecular flexibility index (Phi) is 5.90. The predicted molar refractivity (Wildman–Crippen MR) is 109 cm³/mol. The van der Waals surface area contributed by atoms with Crippen LogP contribution < -0.4 is 10.2 Å². The molecule has 7 heteroatoms. The normalized spacial score (nSPS) is 11.0. The third-order valence-corrected chi connectivity index (χ3v) is 4.88. The van der Waals surface area contributed by atoms with Gasteiger partial charge in [-0.2, -0.15) is 5.10 Å². The predicted octanol–water partition coefficient (Wildman–Crippen LogP) is 4.60. The third-order valence-electron chi connectivity index (χ3n) is 3.57. The molecule has 1 amide bonds. The lowest BCUT2D eigenvalue weighted by Gasteiger charge is -2.09. The first-order valence-electron chi connectivity index (χ1n) is 7.65. The molecule has 0 saturated carbocycles. The topological polar surface area (TPSA) is 70.9 Å². The Hall–Kier alpha value is -2.38. The number of phenols is 1. The molecular weight excluding hydrogens is 464 g/mol. The van der Waals surface area contributed by atoms with Gasteiger partial charge < -0.3 is 9.84 Å². The van der Waals surface area contributed by atoms with E-state index in [4.69, 9.17) is 4.74 Å². The molecule has 0 unspecified atom stereocenters. The number of rotatable bonds is 5. The standard InChI is InChI=1S/C19H14Br2N2O3/c20-14-6-7-16(24)13(9-14)10-22-23-18(25)11-26-17-8-5-12-3-1-2-4-15(12)19(17)21/h1-10,24H,11H2,(H,23,25)/b22-10+. The Morgan fingerprint density at radius 3 is 2.81 bits per heavy atom. The zero-order chi connectivity index (χ0) is 18.5. The van der Waals surface area contributed by atoms with E-state index >= 15 is 0 Å². The van der Waals surface area contributed by atoms with Gasteiger partial charge in [0.15, 0.2) is 6.61 Å². The first kappa shape index (κ1) is 18.4. The molecular formula is C19H14Br2N2O3. The minimum atomic E-state index is -0.407. The van der Waals surface area contributed by atoms with Crippen LogP contribution in [0.5, 0.6) is 11.5 Å². The molecule has 0 saturated heterocycles. The highest BCUT2D eigenvalue weighted by Crippen LogP contribution is 2.32. The lowest BCUT2D eigenvalue weighted by molar-refractivity contribution is -0.123. The molecule has 26 heavy (non-hydrogen) atoms. The highest BCUT2D eigenvalue weighted by Gasteiger charge is 2.08. The van der Waals surface area contributed by atoms with Gasteiger partial charge in [0, 0.05) is 10.0 Å². The molecule has 0 aromatic heterocycles. The number of nitrogens with one attached hydrogen (secondary N) is 1. The number of hydrogen-bond acceptors (Lipinski definition) is 4. The summed E-state index contributed by atoms with van der Waals surface area (Å²) in [5.41, 5.74) is 2.85. The van der Waals surface area contributed by atoms with Crippen molar-refractivity contribution in [1.82, 2.24) is 5.43 Å². The number of halogens is 2. The Bertz CT molecular complexity index is 990. The van der Waals surface area contributed by atoms with Crippen molar-refractivity contribution in [3.8, 4) is 11.5 Å².